The van der Waals surface area contributed by atoms with Gasteiger partial charge in [0.15, 0.2) is 5.82 Å². The van der Waals surface area contributed by atoms with E-state index in [-0.39, 0.29) is 11.3 Å². The number of benzene rings is 1. The first-order valence-corrected chi connectivity index (χ1v) is 13.1. The van der Waals surface area contributed by atoms with Crippen LogP contribution in [-0.2, 0) is 16.7 Å². The smallest absolute Gasteiger partial charge is 0.263 e. The predicted molar refractivity (Wildman–Crippen MR) is 144 cm³/mol. The van der Waals surface area contributed by atoms with E-state index in [1.165, 1.54) is 11.3 Å². The second kappa shape index (κ2) is 10.4. The summed E-state index contributed by atoms with van der Waals surface area (Å²) in [5, 5.41) is 14.6. The molecular formula is C27H31N7O2S. The Morgan fingerprint density at radius 3 is 2.81 bits per heavy atom. The summed E-state index contributed by atoms with van der Waals surface area (Å²) in [6, 6.07) is 8.03. The van der Waals surface area contributed by atoms with Gasteiger partial charge in [-0.2, -0.15) is 5.10 Å². The number of hydrogen-bond acceptors (Lipinski definition) is 8. The van der Waals surface area contributed by atoms with E-state index in [4.69, 9.17) is 4.74 Å². The van der Waals surface area contributed by atoms with Crippen molar-refractivity contribution in [1.29, 1.82) is 0 Å². The van der Waals surface area contributed by atoms with E-state index in [0.29, 0.717) is 29.8 Å². The van der Waals surface area contributed by atoms with Crippen molar-refractivity contribution in [3.63, 3.8) is 0 Å². The average Bonchev–Trinajstić information content (AvgIpc) is 3.64. The van der Waals surface area contributed by atoms with Gasteiger partial charge in [0.2, 0.25) is 0 Å². The lowest BCUT2D eigenvalue weighted by Crippen LogP contribution is -2.22. The molecule has 3 N–H and O–H groups in total. The number of amides is 1. The van der Waals surface area contributed by atoms with Gasteiger partial charge < -0.3 is 15.4 Å². The van der Waals surface area contributed by atoms with E-state index >= 15 is 0 Å². The molecule has 1 aliphatic heterocycles. The lowest BCUT2D eigenvalue weighted by Gasteiger charge is -2.13. The predicted octanol–water partition coefficient (Wildman–Crippen LogP) is 5.11. The van der Waals surface area contributed by atoms with Crippen molar-refractivity contribution in [1.82, 2.24) is 30.5 Å². The molecule has 0 unspecified atom stereocenters. The molecule has 0 aliphatic carbocycles. The number of anilines is 2. The summed E-state index contributed by atoms with van der Waals surface area (Å²) in [7, 11) is 0. The zero-order valence-electron chi connectivity index (χ0n) is 21.5. The third-order valence-electron chi connectivity index (χ3n) is 6.40. The van der Waals surface area contributed by atoms with Crippen molar-refractivity contribution in [2.45, 2.75) is 52.0 Å². The fraction of sp³-hybridized carbons (Fsp3) is 0.370. The zero-order valence-corrected chi connectivity index (χ0v) is 22.3. The van der Waals surface area contributed by atoms with Crippen molar-refractivity contribution in [3.05, 3.63) is 69.6 Å². The molecule has 4 aromatic rings. The van der Waals surface area contributed by atoms with Crippen LogP contribution in [0.25, 0.3) is 11.3 Å². The molecule has 192 valence electrons. The Morgan fingerprint density at radius 2 is 2.08 bits per heavy atom. The SMILES string of the molecule is Cc1cc(-c2cc(Nc3n[nH]cc3[C@H]3CCOC3)ncn2)ccc1CNC(=O)c1cnc(C(C)(C)C)s1. The molecule has 1 fully saturated rings. The number of hydrogen-bond donors (Lipinski definition) is 3. The lowest BCUT2D eigenvalue weighted by molar-refractivity contribution is 0.0954. The van der Waals surface area contributed by atoms with Crippen molar-refractivity contribution in [2.75, 3.05) is 18.5 Å². The molecule has 0 bridgehead atoms. The van der Waals surface area contributed by atoms with Gasteiger partial charge in [-0.1, -0.05) is 32.9 Å². The van der Waals surface area contributed by atoms with Crippen LogP contribution in [0.3, 0.4) is 0 Å². The Labute approximate surface area is 220 Å². The summed E-state index contributed by atoms with van der Waals surface area (Å²) in [6.45, 7) is 10.2. The number of thiazole rings is 1. The molecule has 0 saturated carbocycles. The maximum absolute atomic E-state index is 12.7. The number of aromatic nitrogens is 5. The fourth-order valence-corrected chi connectivity index (χ4v) is 5.13. The maximum atomic E-state index is 12.7. The summed E-state index contributed by atoms with van der Waals surface area (Å²) < 4.78 is 5.53. The van der Waals surface area contributed by atoms with Crippen LogP contribution in [0.5, 0.6) is 0 Å². The third kappa shape index (κ3) is 5.70. The molecule has 1 aromatic carbocycles. The van der Waals surface area contributed by atoms with Gasteiger partial charge >= 0.3 is 0 Å². The van der Waals surface area contributed by atoms with Crippen LogP contribution in [0.2, 0.25) is 0 Å². The molecule has 1 saturated heterocycles. The molecule has 0 spiro atoms. The minimum Gasteiger partial charge on any atom is -0.381 e. The highest BCUT2D eigenvalue weighted by Crippen LogP contribution is 2.31. The maximum Gasteiger partial charge on any atom is 0.263 e. The number of carbonyl (C=O) groups is 1. The minimum absolute atomic E-state index is 0.0721. The van der Waals surface area contributed by atoms with E-state index in [9.17, 15) is 4.79 Å². The van der Waals surface area contributed by atoms with Crippen LogP contribution in [-0.4, -0.2) is 44.3 Å². The molecule has 3 aromatic heterocycles. The summed E-state index contributed by atoms with van der Waals surface area (Å²) >= 11 is 1.44. The number of H-pyrrole nitrogens is 1. The van der Waals surface area contributed by atoms with Gasteiger partial charge in [-0.05, 0) is 30.5 Å². The normalized spacial score (nSPS) is 15.6. The number of aryl methyl sites for hydroxylation is 1. The largest absolute Gasteiger partial charge is 0.381 e. The standard InChI is InChI=1S/C27H31N7O2S/c1-16-9-17(5-6-18(16)11-28-25(35)22-13-29-26(37-22)27(2,3)4)21-10-23(31-15-30-21)33-24-20(12-32-34-24)19-7-8-36-14-19/h5-6,9-10,12-13,15,19H,7-8,11,14H2,1-4H3,(H,28,35)(H2,30,31,32,33,34)/t19-/m0/s1. The highest BCUT2D eigenvalue weighted by atomic mass is 32.1. The molecular weight excluding hydrogens is 486 g/mol. The summed E-state index contributed by atoms with van der Waals surface area (Å²) in [4.78, 5) is 26.5. The second-order valence-electron chi connectivity index (χ2n) is 10.3. The monoisotopic (exact) mass is 517 g/mol. The molecule has 5 rings (SSSR count). The summed E-state index contributed by atoms with van der Waals surface area (Å²) in [6.07, 6.45) is 6.11. The topological polar surface area (TPSA) is 118 Å². The highest BCUT2D eigenvalue weighted by molar-refractivity contribution is 7.13. The van der Waals surface area contributed by atoms with Gasteiger partial charge in [0.25, 0.3) is 5.91 Å². The van der Waals surface area contributed by atoms with Gasteiger partial charge in [0.05, 0.1) is 23.5 Å². The number of ether oxygens (including phenoxy) is 1. The lowest BCUT2D eigenvalue weighted by atomic mass is 9.98. The second-order valence-corrected chi connectivity index (χ2v) is 11.3. The van der Waals surface area contributed by atoms with Crippen LogP contribution >= 0.6 is 11.3 Å². The first-order chi connectivity index (χ1) is 17.8. The van der Waals surface area contributed by atoms with Crippen molar-refractivity contribution in [3.8, 4) is 11.3 Å². The Bertz CT molecular complexity index is 1400. The first-order valence-electron chi connectivity index (χ1n) is 12.3. The van der Waals surface area contributed by atoms with E-state index in [2.05, 4.69) is 62.6 Å². The molecule has 10 heteroatoms. The quantitative estimate of drug-likeness (QED) is 0.312. The van der Waals surface area contributed by atoms with Crippen molar-refractivity contribution < 1.29 is 9.53 Å². The van der Waals surface area contributed by atoms with E-state index < -0.39 is 0 Å². The zero-order chi connectivity index (χ0) is 26.0. The fourth-order valence-electron chi connectivity index (χ4n) is 4.24. The molecule has 1 amide bonds. The average molecular weight is 518 g/mol. The number of nitrogens with one attached hydrogen (secondary N) is 3. The van der Waals surface area contributed by atoms with E-state index in [1.807, 2.05) is 31.3 Å². The van der Waals surface area contributed by atoms with Crippen LogP contribution in [0.1, 0.15) is 64.5 Å². The van der Waals surface area contributed by atoms with E-state index in [1.54, 1.807) is 12.5 Å². The Balaban J connectivity index is 1.25. The Kier molecular flexibility index (Phi) is 7.03. The van der Waals surface area contributed by atoms with Crippen LogP contribution < -0.4 is 10.6 Å². The Hall–Kier alpha value is -3.63. The minimum atomic E-state index is -0.107. The van der Waals surface area contributed by atoms with Crippen LogP contribution in [0.4, 0.5) is 11.6 Å². The van der Waals surface area contributed by atoms with Crippen LogP contribution in [0.15, 0.2) is 43.0 Å². The summed E-state index contributed by atoms with van der Waals surface area (Å²) in [5.41, 5.74) is 4.93. The number of nitrogens with zero attached hydrogens (tertiary/aromatic N) is 4. The van der Waals surface area contributed by atoms with Gasteiger partial charge in [0, 0.05) is 47.9 Å². The van der Waals surface area contributed by atoms with Gasteiger partial charge in [0.1, 0.15) is 17.0 Å². The number of aromatic amines is 1. The van der Waals surface area contributed by atoms with Gasteiger partial charge in [-0.15, -0.1) is 11.3 Å². The molecule has 9 nitrogen and oxygen atoms in total. The highest BCUT2D eigenvalue weighted by Gasteiger charge is 2.23. The summed E-state index contributed by atoms with van der Waals surface area (Å²) in [5.74, 6) is 1.66. The van der Waals surface area contributed by atoms with E-state index in [0.717, 1.165) is 51.8 Å². The molecule has 4 heterocycles. The molecule has 0 radical (unpaired) electrons. The number of rotatable bonds is 7. The van der Waals surface area contributed by atoms with Crippen molar-refractivity contribution >= 4 is 28.9 Å². The molecule has 1 aliphatic rings. The third-order valence-corrected chi connectivity index (χ3v) is 7.82. The number of carbonyl (C=O) groups excluding carboxylic acids is 1. The van der Waals surface area contributed by atoms with Gasteiger partial charge in [-0.3, -0.25) is 9.89 Å². The van der Waals surface area contributed by atoms with Crippen LogP contribution in [0, 0.1) is 6.92 Å². The van der Waals surface area contributed by atoms with Gasteiger partial charge in [-0.25, -0.2) is 15.0 Å². The molecule has 1 atom stereocenters. The van der Waals surface area contributed by atoms with Crippen molar-refractivity contribution in [2.24, 2.45) is 0 Å². The first kappa shape index (κ1) is 25.0. The molecule has 37 heavy (non-hydrogen) atoms. The Morgan fingerprint density at radius 1 is 1.22 bits per heavy atom.